The Morgan fingerprint density at radius 2 is 2.28 bits per heavy atom. The minimum atomic E-state index is 0.686. The number of anilines is 1. The van der Waals surface area contributed by atoms with E-state index in [-0.39, 0.29) is 0 Å². The van der Waals surface area contributed by atoms with Crippen LogP contribution in [-0.4, -0.2) is 24.0 Å². The average Bonchev–Trinajstić information content (AvgIpc) is 2.40. The lowest BCUT2D eigenvalue weighted by atomic mass is 9.74. The third kappa shape index (κ3) is 1.85. The van der Waals surface area contributed by atoms with Gasteiger partial charge in [0.1, 0.15) is 0 Å². The number of hydrogen-bond acceptors (Lipinski definition) is 2. The summed E-state index contributed by atoms with van der Waals surface area (Å²) in [5, 5.41) is 0. The maximum atomic E-state index is 6.13. The molecule has 0 aromatic heterocycles. The molecule has 1 aromatic rings. The lowest BCUT2D eigenvalue weighted by Crippen LogP contribution is -2.46. The molecular formula is C16H22N2. The minimum Gasteiger partial charge on any atom is -0.398 e. The largest absolute Gasteiger partial charge is 0.398 e. The van der Waals surface area contributed by atoms with Crippen LogP contribution in [0.25, 0.3) is 0 Å². The zero-order valence-electron chi connectivity index (χ0n) is 10.9. The molecule has 0 radical (unpaired) electrons. The van der Waals surface area contributed by atoms with E-state index >= 15 is 0 Å². The van der Waals surface area contributed by atoms with Gasteiger partial charge >= 0.3 is 0 Å². The number of hydrogen-bond donors (Lipinski definition) is 1. The number of nitrogens with zero attached hydrogens (tertiary/aromatic N) is 1. The van der Waals surface area contributed by atoms with Gasteiger partial charge in [0, 0.05) is 18.3 Å². The summed E-state index contributed by atoms with van der Waals surface area (Å²) in [4.78, 5) is 2.60. The molecule has 18 heavy (non-hydrogen) atoms. The second kappa shape index (κ2) is 4.77. The molecule has 2 atom stereocenters. The molecule has 1 saturated heterocycles. The monoisotopic (exact) mass is 242 g/mol. The molecule has 0 amide bonds. The third-order valence-corrected chi connectivity index (χ3v) is 4.60. The summed E-state index contributed by atoms with van der Waals surface area (Å²) in [6.45, 7) is 6.14. The van der Waals surface area contributed by atoms with Crippen molar-refractivity contribution >= 4 is 5.69 Å². The fraction of sp³-hybridized carbons (Fsp3) is 0.500. The van der Waals surface area contributed by atoms with Crippen molar-refractivity contribution in [2.75, 3.05) is 18.8 Å². The van der Waals surface area contributed by atoms with E-state index in [0.717, 1.165) is 18.7 Å². The molecular weight excluding hydrogens is 220 g/mol. The van der Waals surface area contributed by atoms with Gasteiger partial charge in [0.2, 0.25) is 0 Å². The van der Waals surface area contributed by atoms with Crippen LogP contribution >= 0.6 is 0 Å². The van der Waals surface area contributed by atoms with E-state index in [0.29, 0.717) is 12.0 Å². The number of rotatable bonds is 2. The van der Waals surface area contributed by atoms with Crippen molar-refractivity contribution in [1.29, 1.82) is 0 Å². The van der Waals surface area contributed by atoms with Gasteiger partial charge in [0.05, 0.1) is 0 Å². The molecule has 1 aliphatic heterocycles. The van der Waals surface area contributed by atoms with Crippen molar-refractivity contribution in [3.8, 4) is 0 Å². The van der Waals surface area contributed by atoms with E-state index in [4.69, 9.17) is 5.73 Å². The Bertz CT molecular complexity index is 452. The van der Waals surface area contributed by atoms with E-state index in [1.165, 1.54) is 36.9 Å². The molecule has 1 aromatic carbocycles. The maximum Gasteiger partial charge on any atom is 0.0349 e. The Morgan fingerprint density at radius 1 is 1.39 bits per heavy atom. The number of nitrogens with two attached hydrogens (primary N) is 1. The SMILES string of the molecule is C=CCN1CCCC2c3cccc(N)c3CCC21. The van der Waals surface area contributed by atoms with E-state index in [9.17, 15) is 0 Å². The number of likely N-dealkylation sites (tertiary alicyclic amines) is 1. The summed E-state index contributed by atoms with van der Waals surface area (Å²) < 4.78 is 0. The first-order valence-electron chi connectivity index (χ1n) is 7.03. The second-order valence-corrected chi connectivity index (χ2v) is 5.55. The zero-order chi connectivity index (χ0) is 12.5. The summed E-state index contributed by atoms with van der Waals surface area (Å²) in [5.74, 6) is 0.686. The predicted molar refractivity (Wildman–Crippen MR) is 76.7 cm³/mol. The predicted octanol–water partition coefficient (Wildman–Crippen LogP) is 2.95. The highest BCUT2D eigenvalue weighted by molar-refractivity contribution is 5.53. The van der Waals surface area contributed by atoms with Gasteiger partial charge in [-0.15, -0.1) is 6.58 Å². The molecule has 1 aliphatic carbocycles. The van der Waals surface area contributed by atoms with E-state index in [2.05, 4.69) is 23.6 Å². The van der Waals surface area contributed by atoms with Gasteiger partial charge < -0.3 is 5.73 Å². The van der Waals surface area contributed by atoms with Crippen LogP contribution in [0.2, 0.25) is 0 Å². The van der Waals surface area contributed by atoms with Crippen molar-refractivity contribution in [1.82, 2.24) is 4.90 Å². The van der Waals surface area contributed by atoms with Crippen LogP contribution in [0.4, 0.5) is 5.69 Å². The van der Waals surface area contributed by atoms with Crippen molar-refractivity contribution in [2.24, 2.45) is 0 Å². The van der Waals surface area contributed by atoms with E-state index < -0.39 is 0 Å². The molecule has 3 rings (SSSR count). The average molecular weight is 242 g/mol. The fourth-order valence-corrected chi connectivity index (χ4v) is 3.82. The Balaban J connectivity index is 1.94. The number of piperidine rings is 1. The molecule has 2 N–H and O–H groups in total. The van der Waals surface area contributed by atoms with E-state index in [1.807, 2.05) is 12.1 Å². The quantitative estimate of drug-likeness (QED) is 0.638. The molecule has 0 spiro atoms. The van der Waals surface area contributed by atoms with Crippen LogP contribution < -0.4 is 5.73 Å². The molecule has 2 unspecified atom stereocenters. The number of fused-ring (bicyclic) bond motifs is 3. The lowest BCUT2D eigenvalue weighted by Gasteiger charge is -2.44. The summed E-state index contributed by atoms with van der Waals surface area (Å²) >= 11 is 0. The molecule has 96 valence electrons. The Labute approximate surface area is 109 Å². The summed E-state index contributed by atoms with van der Waals surface area (Å²) in [6, 6.07) is 7.15. The summed E-state index contributed by atoms with van der Waals surface area (Å²) in [6.07, 6.45) is 7.03. The van der Waals surface area contributed by atoms with Crippen molar-refractivity contribution in [2.45, 2.75) is 37.6 Å². The first kappa shape index (κ1) is 11.8. The summed E-state index contributed by atoms with van der Waals surface area (Å²) in [5.41, 5.74) is 10.0. The zero-order valence-corrected chi connectivity index (χ0v) is 10.9. The van der Waals surface area contributed by atoms with Crippen LogP contribution in [0.3, 0.4) is 0 Å². The van der Waals surface area contributed by atoms with Gasteiger partial charge in [0.25, 0.3) is 0 Å². The smallest absolute Gasteiger partial charge is 0.0349 e. The summed E-state index contributed by atoms with van der Waals surface area (Å²) in [7, 11) is 0. The van der Waals surface area contributed by atoms with Gasteiger partial charge in [-0.25, -0.2) is 0 Å². The highest BCUT2D eigenvalue weighted by Crippen LogP contribution is 2.42. The van der Waals surface area contributed by atoms with Crippen LogP contribution in [0.1, 0.15) is 36.3 Å². The standard InChI is InChI=1S/C16H22N2/c1-2-10-18-11-4-6-14-12-5-3-7-15(17)13(12)8-9-16(14)18/h2-3,5,7,14,16H,1,4,6,8-11,17H2. The number of benzene rings is 1. The second-order valence-electron chi connectivity index (χ2n) is 5.55. The highest BCUT2D eigenvalue weighted by Gasteiger charge is 2.36. The van der Waals surface area contributed by atoms with Crippen LogP contribution in [0.5, 0.6) is 0 Å². The first-order chi connectivity index (χ1) is 8.81. The Hall–Kier alpha value is -1.28. The van der Waals surface area contributed by atoms with Gasteiger partial charge in [-0.2, -0.15) is 0 Å². The first-order valence-corrected chi connectivity index (χ1v) is 7.03. The van der Waals surface area contributed by atoms with Crippen LogP contribution in [-0.2, 0) is 6.42 Å². The molecule has 1 fully saturated rings. The molecule has 2 aliphatic rings. The van der Waals surface area contributed by atoms with Crippen LogP contribution in [0.15, 0.2) is 30.9 Å². The molecule has 0 saturated carbocycles. The Kier molecular flexibility index (Phi) is 3.13. The maximum absolute atomic E-state index is 6.13. The highest BCUT2D eigenvalue weighted by atomic mass is 15.2. The van der Waals surface area contributed by atoms with Crippen molar-refractivity contribution < 1.29 is 0 Å². The van der Waals surface area contributed by atoms with E-state index in [1.54, 1.807) is 0 Å². The van der Waals surface area contributed by atoms with Crippen molar-refractivity contribution in [3.63, 3.8) is 0 Å². The van der Waals surface area contributed by atoms with Gasteiger partial charge in [0.15, 0.2) is 0 Å². The van der Waals surface area contributed by atoms with Gasteiger partial charge in [-0.1, -0.05) is 18.2 Å². The molecule has 1 heterocycles. The topological polar surface area (TPSA) is 29.3 Å². The molecule has 2 heteroatoms. The molecule has 2 nitrogen and oxygen atoms in total. The molecule has 0 bridgehead atoms. The Morgan fingerprint density at radius 3 is 3.11 bits per heavy atom. The van der Waals surface area contributed by atoms with Crippen molar-refractivity contribution in [3.05, 3.63) is 42.0 Å². The minimum absolute atomic E-state index is 0.686. The number of nitrogen functional groups attached to an aromatic ring is 1. The third-order valence-electron chi connectivity index (χ3n) is 4.60. The van der Waals surface area contributed by atoms with Gasteiger partial charge in [-0.3, -0.25) is 4.90 Å². The fourth-order valence-electron chi connectivity index (χ4n) is 3.82. The van der Waals surface area contributed by atoms with Gasteiger partial charge in [-0.05, 0) is 55.3 Å². The lowest BCUT2D eigenvalue weighted by molar-refractivity contribution is 0.126. The normalized spacial score (nSPS) is 27.3. The van der Waals surface area contributed by atoms with Crippen LogP contribution in [0, 0.1) is 0 Å².